The van der Waals surface area contributed by atoms with E-state index < -0.39 is 0 Å². The quantitative estimate of drug-likeness (QED) is 0.621. The molecule has 0 aromatic rings. The van der Waals surface area contributed by atoms with Gasteiger partial charge in [0.2, 0.25) is 5.91 Å². The second-order valence-corrected chi connectivity index (χ2v) is 3.41. The molecule has 0 aliphatic heterocycles. The van der Waals surface area contributed by atoms with Crippen molar-refractivity contribution in [2.45, 2.75) is 32.7 Å². The first-order valence-electron chi connectivity index (χ1n) is 5.24. The summed E-state index contributed by atoms with van der Waals surface area (Å²) in [4.78, 5) is 13.4. The maximum Gasteiger partial charge on any atom is 0.239 e. The lowest BCUT2D eigenvalue weighted by molar-refractivity contribution is -0.133. The van der Waals surface area contributed by atoms with Crippen molar-refractivity contribution in [2.24, 2.45) is 0 Å². The van der Waals surface area contributed by atoms with Gasteiger partial charge >= 0.3 is 0 Å². The molecule has 2 N–H and O–H groups in total. The van der Waals surface area contributed by atoms with Crippen LogP contribution in [0.3, 0.4) is 0 Å². The van der Waals surface area contributed by atoms with Crippen LogP contribution in [0.25, 0.3) is 0 Å². The number of aliphatic hydroxyl groups excluding tert-OH is 1. The molecule has 14 heavy (non-hydrogen) atoms. The lowest BCUT2D eigenvalue weighted by Crippen LogP contribution is -2.45. The second-order valence-electron chi connectivity index (χ2n) is 3.41. The first kappa shape index (κ1) is 13.4. The Labute approximate surface area is 86.3 Å². The number of unbranched alkanes of at least 4 members (excludes halogenated alkanes) is 1. The van der Waals surface area contributed by atoms with Gasteiger partial charge in [-0.2, -0.15) is 0 Å². The van der Waals surface area contributed by atoms with Gasteiger partial charge in [0.1, 0.15) is 0 Å². The van der Waals surface area contributed by atoms with E-state index in [4.69, 9.17) is 5.11 Å². The molecule has 1 amide bonds. The number of aliphatic hydroxyl groups is 1. The van der Waals surface area contributed by atoms with Crippen LogP contribution in [-0.2, 0) is 4.79 Å². The van der Waals surface area contributed by atoms with Gasteiger partial charge in [-0.15, -0.1) is 0 Å². The van der Waals surface area contributed by atoms with Gasteiger partial charge in [-0.05, 0) is 20.4 Å². The van der Waals surface area contributed by atoms with Crippen molar-refractivity contribution in [3.05, 3.63) is 0 Å². The molecule has 1 unspecified atom stereocenters. The summed E-state index contributed by atoms with van der Waals surface area (Å²) in [5.74, 6) is 0.0648. The van der Waals surface area contributed by atoms with Crippen molar-refractivity contribution in [3.8, 4) is 0 Å². The van der Waals surface area contributed by atoms with Crippen molar-refractivity contribution < 1.29 is 9.90 Å². The van der Waals surface area contributed by atoms with Crippen molar-refractivity contribution in [3.63, 3.8) is 0 Å². The summed E-state index contributed by atoms with van der Waals surface area (Å²) in [6.45, 7) is 5.13. The number of carbonyl (C=O) groups is 1. The third-order valence-electron chi connectivity index (χ3n) is 2.27. The normalized spacial score (nSPS) is 12.6. The zero-order chi connectivity index (χ0) is 11.0. The van der Waals surface area contributed by atoms with Crippen LogP contribution in [0.2, 0.25) is 0 Å². The molecule has 1 atom stereocenters. The number of carbonyl (C=O) groups excluding carboxylic acids is 1. The Morgan fingerprint density at radius 2 is 2.14 bits per heavy atom. The fraction of sp³-hybridized carbons (Fsp3) is 0.900. The monoisotopic (exact) mass is 202 g/mol. The largest absolute Gasteiger partial charge is 0.395 e. The first-order valence-corrected chi connectivity index (χ1v) is 5.24. The molecule has 4 heteroatoms. The fourth-order valence-corrected chi connectivity index (χ4v) is 1.20. The van der Waals surface area contributed by atoms with Crippen molar-refractivity contribution in [2.75, 3.05) is 26.7 Å². The number of rotatable bonds is 7. The molecule has 0 aromatic heterocycles. The average Bonchev–Trinajstić information content (AvgIpc) is 2.22. The van der Waals surface area contributed by atoms with Crippen molar-refractivity contribution >= 4 is 5.91 Å². The van der Waals surface area contributed by atoms with E-state index in [1.54, 1.807) is 11.9 Å². The minimum Gasteiger partial charge on any atom is -0.395 e. The molecule has 0 saturated heterocycles. The minimum absolute atomic E-state index is 0.0336. The maximum atomic E-state index is 11.7. The summed E-state index contributed by atoms with van der Waals surface area (Å²) >= 11 is 0. The van der Waals surface area contributed by atoms with Gasteiger partial charge in [0, 0.05) is 13.1 Å². The van der Waals surface area contributed by atoms with E-state index in [1.807, 2.05) is 6.92 Å². The fourth-order valence-electron chi connectivity index (χ4n) is 1.20. The standard InChI is InChI=1S/C10H22N2O2/c1-4-5-6-12(7-8-13)10(14)9(2)11-3/h9,11,13H,4-8H2,1-3H3. The Hall–Kier alpha value is -0.610. The smallest absolute Gasteiger partial charge is 0.239 e. The summed E-state index contributed by atoms with van der Waals surface area (Å²) in [7, 11) is 1.76. The van der Waals surface area contributed by atoms with E-state index in [9.17, 15) is 4.79 Å². The number of nitrogens with zero attached hydrogens (tertiary/aromatic N) is 1. The molecule has 0 bridgehead atoms. The van der Waals surface area contributed by atoms with E-state index in [2.05, 4.69) is 12.2 Å². The molecule has 4 nitrogen and oxygen atoms in total. The molecular formula is C10H22N2O2. The number of nitrogens with one attached hydrogen (secondary N) is 1. The van der Waals surface area contributed by atoms with Crippen molar-refractivity contribution in [1.29, 1.82) is 0 Å². The highest BCUT2D eigenvalue weighted by Gasteiger charge is 2.17. The minimum atomic E-state index is -0.168. The Bertz CT molecular complexity index is 162. The Balaban J connectivity index is 4.10. The van der Waals surface area contributed by atoms with Crippen LogP contribution >= 0.6 is 0 Å². The van der Waals surface area contributed by atoms with Gasteiger partial charge in [0.25, 0.3) is 0 Å². The van der Waals surface area contributed by atoms with Gasteiger partial charge in [-0.25, -0.2) is 0 Å². The van der Waals surface area contributed by atoms with Crippen LogP contribution in [0.1, 0.15) is 26.7 Å². The Kier molecular flexibility index (Phi) is 7.42. The summed E-state index contributed by atoms with van der Waals surface area (Å²) in [6, 6.07) is -0.168. The summed E-state index contributed by atoms with van der Waals surface area (Å²) < 4.78 is 0. The molecule has 0 aromatic carbocycles. The van der Waals surface area contributed by atoms with Gasteiger partial charge in [0.05, 0.1) is 12.6 Å². The highest BCUT2D eigenvalue weighted by molar-refractivity contribution is 5.81. The summed E-state index contributed by atoms with van der Waals surface area (Å²) in [6.07, 6.45) is 2.05. The molecule has 0 rings (SSSR count). The number of likely N-dealkylation sites (N-methyl/N-ethyl adjacent to an activating group) is 1. The van der Waals surface area contributed by atoms with Crippen molar-refractivity contribution in [1.82, 2.24) is 10.2 Å². The molecule has 0 spiro atoms. The molecule has 0 radical (unpaired) electrons. The topological polar surface area (TPSA) is 52.6 Å². The molecule has 0 aliphatic carbocycles. The predicted molar refractivity (Wildman–Crippen MR) is 57.1 cm³/mol. The van der Waals surface area contributed by atoms with E-state index in [-0.39, 0.29) is 18.6 Å². The molecule has 0 aliphatic rings. The zero-order valence-corrected chi connectivity index (χ0v) is 9.42. The van der Waals surface area contributed by atoms with E-state index in [0.717, 1.165) is 19.4 Å². The second kappa shape index (κ2) is 7.76. The zero-order valence-electron chi connectivity index (χ0n) is 9.42. The van der Waals surface area contributed by atoms with Gasteiger partial charge in [-0.3, -0.25) is 4.79 Å². The molecule has 0 fully saturated rings. The van der Waals surface area contributed by atoms with Crippen LogP contribution in [0.15, 0.2) is 0 Å². The third-order valence-corrected chi connectivity index (χ3v) is 2.27. The van der Waals surface area contributed by atoms with Gasteiger partial charge in [0.15, 0.2) is 0 Å². The number of hydrogen-bond donors (Lipinski definition) is 2. The highest BCUT2D eigenvalue weighted by Crippen LogP contribution is 1.98. The molecular weight excluding hydrogens is 180 g/mol. The van der Waals surface area contributed by atoms with Gasteiger partial charge < -0.3 is 15.3 Å². The van der Waals surface area contributed by atoms with Crippen LogP contribution < -0.4 is 5.32 Å². The van der Waals surface area contributed by atoms with Gasteiger partial charge in [-0.1, -0.05) is 13.3 Å². The number of amides is 1. The maximum absolute atomic E-state index is 11.7. The van der Waals surface area contributed by atoms with E-state index >= 15 is 0 Å². The van der Waals surface area contributed by atoms with Crippen LogP contribution in [0.5, 0.6) is 0 Å². The summed E-state index contributed by atoms with van der Waals surface area (Å²) in [5.41, 5.74) is 0. The lowest BCUT2D eigenvalue weighted by atomic mass is 10.2. The first-order chi connectivity index (χ1) is 6.67. The van der Waals surface area contributed by atoms with Crippen LogP contribution in [-0.4, -0.2) is 48.7 Å². The van der Waals surface area contributed by atoms with E-state index in [1.165, 1.54) is 0 Å². The average molecular weight is 202 g/mol. The molecule has 84 valence electrons. The predicted octanol–water partition coefficient (Wildman–Crippen LogP) is 0.215. The Morgan fingerprint density at radius 3 is 2.57 bits per heavy atom. The third kappa shape index (κ3) is 4.58. The van der Waals surface area contributed by atoms with Crippen LogP contribution in [0, 0.1) is 0 Å². The highest BCUT2D eigenvalue weighted by atomic mass is 16.3. The van der Waals surface area contributed by atoms with Crippen LogP contribution in [0.4, 0.5) is 0 Å². The lowest BCUT2D eigenvalue weighted by Gasteiger charge is -2.24. The summed E-state index contributed by atoms with van der Waals surface area (Å²) in [5, 5.41) is 11.7. The molecule has 0 heterocycles. The van der Waals surface area contributed by atoms with E-state index in [0.29, 0.717) is 6.54 Å². The number of hydrogen-bond acceptors (Lipinski definition) is 3. The SMILES string of the molecule is CCCCN(CCO)C(=O)C(C)NC. The Morgan fingerprint density at radius 1 is 1.50 bits per heavy atom. The molecule has 0 saturated carbocycles.